The predicted octanol–water partition coefficient (Wildman–Crippen LogP) is 2.09. The van der Waals surface area contributed by atoms with Gasteiger partial charge in [-0.1, -0.05) is 29.8 Å². The minimum Gasteiger partial charge on any atom is -0.490 e. The van der Waals surface area contributed by atoms with Crippen LogP contribution in [0.3, 0.4) is 0 Å². The molecular formula is C18H19NO5. The number of para-hydroxylation sites is 1. The van der Waals surface area contributed by atoms with E-state index < -0.39 is 11.9 Å². The van der Waals surface area contributed by atoms with Crippen molar-refractivity contribution in [1.82, 2.24) is 0 Å². The molecule has 126 valence electrons. The molecule has 0 aliphatic heterocycles. The van der Waals surface area contributed by atoms with E-state index in [0.29, 0.717) is 5.75 Å². The van der Waals surface area contributed by atoms with Gasteiger partial charge in [0.05, 0.1) is 0 Å². The number of carbonyl (C=O) groups excluding carboxylic acids is 2. The maximum absolute atomic E-state index is 12.1. The van der Waals surface area contributed by atoms with E-state index in [4.69, 9.17) is 19.9 Å². The second-order valence-corrected chi connectivity index (χ2v) is 5.05. The van der Waals surface area contributed by atoms with E-state index in [1.54, 1.807) is 24.3 Å². The molecule has 0 saturated heterocycles. The molecule has 0 aliphatic rings. The Morgan fingerprint density at radius 2 is 1.67 bits per heavy atom. The third-order valence-electron chi connectivity index (χ3n) is 3.08. The van der Waals surface area contributed by atoms with Crippen LogP contribution in [0.25, 0.3) is 0 Å². The lowest BCUT2D eigenvalue weighted by Gasteiger charge is -2.11. The van der Waals surface area contributed by atoms with Crippen molar-refractivity contribution in [2.24, 2.45) is 5.73 Å². The molecule has 0 aromatic heterocycles. The Morgan fingerprint density at radius 1 is 0.958 bits per heavy atom. The lowest BCUT2D eigenvalue weighted by atomic mass is 10.2. The van der Waals surface area contributed by atoms with Crippen LogP contribution in [-0.2, 0) is 9.53 Å². The van der Waals surface area contributed by atoms with Gasteiger partial charge in [0.1, 0.15) is 30.3 Å². The van der Waals surface area contributed by atoms with Crippen LogP contribution in [-0.4, -0.2) is 31.7 Å². The van der Waals surface area contributed by atoms with Crippen molar-refractivity contribution in [2.75, 3.05) is 19.8 Å². The second-order valence-electron chi connectivity index (χ2n) is 5.05. The summed E-state index contributed by atoms with van der Waals surface area (Å²) < 4.78 is 15.8. The number of nitrogens with two attached hydrogens (primary N) is 1. The minimum atomic E-state index is -0.621. The van der Waals surface area contributed by atoms with E-state index in [0.717, 1.165) is 5.56 Å². The van der Waals surface area contributed by atoms with Gasteiger partial charge >= 0.3 is 5.97 Å². The smallest absolute Gasteiger partial charge is 0.342 e. The SMILES string of the molecule is Cc1ccc(OCCOC(=O)c2ccccc2OCC(N)=O)cc1. The highest BCUT2D eigenvalue weighted by Gasteiger charge is 2.14. The Bertz CT molecular complexity index is 697. The zero-order valence-electron chi connectivity index (χ0n) is 13.4. The van der Waals surface area contributed by atoms with Crippen LogP contribution in [0.2, 0.25) is 0 Å². The zero-order valence-corrected chi connectivity index (χ0v) is 13.4. The van der Waals surface area contributed by atoms with Crippen LogP contribution < -0.4 is 15.2 Å². The van der Waals surface area contributed by atoms with E-state index in [9.17, 15) is 9.59 Å². The molecule has 0 saturated carbocycles. The highest BCUT2D eigenvalue weighted by Crippen LogP contribution is 2.19. The molecule has 24 heavy (non-hydrogen) atoms. The van der Waals surface area contributed by atoms with Crippen LogP contribution in [0.4, 0.5) is 0 Å². The normalized spacial score (nSPS) is 10.0. The molecule has 2 N–H and O–H groups in total. The zero-order chi connectivity index (χ0) is 17.4. The van der Waals surface area contributed by atoms with Crippen LogP contribution in [0.1, 0.15) is 15.9 Å². The molecule has 0 fully saturated rings. The number of hydrogen-bond acceptors (Lipinski definition) is 5. The fourth-order valence-electron chi connectivity index (χ4n) is 1.92. The van der Waals surface area contributed by atoms with Gasteiger partial charge in [-0.05, 0) is 31.2 Å². The van der Waals surface area contributed by atoms with Gasteiger partial charge in [-0.15, -0.1) is 0 Å². The molecule has 0 radical (unpaired) electrons. The number of primary amides is 1. The molecule has 6 nitrogen and oxygen atoms in total. The summed E-state index contributed by atoms with van der Waals surface area (Å²) >= 11 is 0. The Balaban J connectivity index is 1.84. The molecule has 6 heteroatoms. The van der Waals surface area contributed by atoms with Crippen LogP contribution >= 0.6 is 0 Å². The van der Waals surface area contributed by atoms with Gasteiger partial charge in [0.25, 0.3) is 5.91 Å². The summed E-state index contributed by atoms with van der Waals surface area (Å²) in [6, 6.07) is 14.1. The molecule has 0 bridgehead atoms. The van der Waals surface area contributed by atoms with E-state index in [2.05, 4.69) is 0 Å². The van der Waals surface area contributed by atoms with Crippen LogP contribution in [0.5, 0.6) is 11.5 Å². The number of rotatable bonds is 8. The lowest BCUT2D eigenvalue weighted by molar-refractivity contribution is -0.119. The van der Waals surface area contributed by atoms with Crippen molar-refractivity contribution in [3.05, 3.63) is 59.7 Å². The summed E-state index contributed by atoms with van der Waals surface area (Å²) in [5.41, 5.74) is 6.40. The van der Waals surface area contributed by atoms with Crippen molar-refractivity contribution in [2.45, 2.75) is 6.92 Å². The summed E-state index contributed by atoms with van der Waals surface area (Å²) in [5.74, 6) is -0.213. The average Bonchev–Trinajstić information content (AvgIpc) is 2.58. The van der Waals surface area contributed by atoms with Gasteiger partial charge in [-0.3, -0.25) is 4.79 Å². The molecule has 0 atom stereocenters. The largest absolute Gasteiger partial charge is 0.490 e. The lowest BCUT2D eigenvalue weighted by Crippen LogP contribution is -2.21. The highest BCUT2D eigenvalue weighted by atomic mass is 16.6. The number of hydrogen-bond donors (Lipinski definition) is 1. The van der Waals surface area contributed by atoms with E-state index in [-0.39, 0.29) is 31.1 Å². The van der Waals surface area contributed by atoms with Gasteiger partial charge in [0.15, 0.2) is 6.61 Å². The van der Waals surface area contributed by atoms with Crippen molar-refractivity contribution in [3.8, 4) is 11.5 Å². The van der Waals surface area contributed by atoms with Gasteiger partial charge < -0.3 is 19.9 Å². The summed E-state index contributed by atoms with van der Waals surface area (Å²) in [7, 11) is 0. The van der Waals surface area contributed by atoms with Gasteiger partial charge in [-0.2, -0.15) is 0 Å². The number of ether oxygens (including phenoxy) is 3. The van der Waals surface area contributed by atoms with Gasteiger partial charge in [0.2, 0.25) is 0 Å². The number of esters is 1. The van der Waals surface area contributed by atoms with Gasteiger partial charge in [-0.25, -0.2) is 4.79 Å². The molecule has 0 heterocycles. The molecule has 1 amide bonds. The molecule has 0 aliphatic carbocycles. The predicted molar refractivity (Wildman–Crippen MR) is 88.1 cm³/mol. The number of aryl methyl sites for hydroxylation is 1. The summed E-state index contributed by atoms with van der Waals surface area (Å²) in [6.45, 7) is 2.01. The average molecular weight is 329 g/mol. The topological polar surface area (TPSA) is 87.8 Å². The number of benzene rings is 2. The first-order valence-electron chi connectivity index (χ1n) is 7.43. The van der Waals surface area contributed by atoms with Gasteiger partial charge in [0, 0.05) is 0 Å². The standard InChI is InChI=1S/C18H19NO5/c1-13-6-8-14(9-7-13)22-10-11-23-18(21)15-4-2-3-5-16(15)24-12-17(19)20/h2-9H,10-12H2,1H3,(H2,19,20). The maximum atomic E-state index is 12.1. The fourth-order valence-corrected chi connectivity index (χ4v) is 1.92. The van der Waals surface area contributed by atoms with Crippen molar-refractivity contribution in [3.63, 3.8) is 0 Å². The first kappa shape index (κ1) is 17.3. The number of carbonyl (C=O) groups is 2. The molecule has 2 aromatic carbocycles. The third-order valence-corrected chi connectivity index (χ3v) is 3.08. The Hall–Kier alpha value is -3.02. The maximum Gasteiger partial charge on any atom is 0.342 e. The highest BCUT2D eigenvalue weighted by molar-refractivity contribution is 5.92. The molecule has 2 rings (SSSR count). The third kappa shape index (κ3) is 5.31. The molecule has 2 aromatic rings. The summed E-state index contributed by atoms with van der Waals surface area (Å²) in [5, 5.41) is 0. The quantitative estimate of drug-likeness (QED) is 0.592. The molecule has 0 unspecified atom stereocenters. The van der Waals surface area contributed by atoms with E-state index in [1.165, 1.54) is 0 Å². The first-order valence-corrected chi connectivity index (χ1v) is 7.43. The van der Waals surface area contributed by atoms with E-state index in [1.807, 2.05) is 31.2 Å². The van der Waals surface area contributed by atoms with E-state index >= 15 is 0 Å². The van der Waals surface area contributed by atoms with Crippen LogP contribution in [0.15, 0.2) is 48.5 Å². The Kier molecular flexibility index (Phi) is 6.19. The van der Waals surface area contributed by atoms with Crippen molar-refractivity contribution >= 4 is 11.9 Å². The van der Waals surface area contributed by atoms with Crippen molar-refractivity contribution in [1.29, 1.82) is 0 Å². The number of amides is 1. The van der Waals surface area contributed by atoms with Crippen molar-refractivity contribution < 1.29 is 23.8 Å². The monoisotopic (exact) mass is 329 g/mol. The molecule has 0 spiro atoms. The Labute approximate surface area is 140 Å². The minimum absolute atomic E-state index is 0.0941. The molecular weight excluding hydrogens is 310 g/mol. The Morgan fingerprint density at radius 3 is 2.38 bits per heavy atom. The second kappa shape index (κ2) is 8.57. The summed E-state index contributed by atoms with van der Waals surface area (Å²) in [6.07, 6.45) is 0. The fraction of sp³-hybridized carbons (Fsp3) is 0.222. The van der Waals surface area contributed by atoms with Crippen LogP contribution in [0, 0.1) is 6.92 Å². The summed E-state index contributed by atoms with van der Waals surface area (Å²) in [4.78, 5) is 22.9. The first-order chi connectivity index (χ1) is 11.6.